The van der Waals surface area contributed by atoms with E-state index in [-0.39, 0.29) is 11.3 Å². The highest BCUT2D eigenvalue weighted by molar-refractivity contribution is 6.46. The summed E-state index contributed by atoms with van der Waals surface area (Å²) in [5.41, 5.74) is 1.21. The number of imidazole rings is 1. The molecule has 1 N–H and O–H groups in total. The molecule has 1 amide bonds. The normalized spacial score (nSPS) is 17.4. The molecule has 8 heteroatoms. The molecular formula is C26H26ClN3O4. The molecule has 7 nitrogen and oxygen atoms in total. The first-order chi connectivity index (χ1) is 16.5. The molecule has 0 radical (unpaired) electrons. The Morgan fingerprint density at radius 3 is 2.47 bits per heavy atom. The van der Waals surface area contributed by atoms with Crippen molar-refractivity contribution >= 4 is 29.1 Å². The number of aliphatic hydroxyl groups is 1. The average molecular weight is 480 g/mol. The van der Waals surface area contributed by atoms with Crippen LogP contribution in [0.3, 0.4) is 0 Å². The van der Waals surface area contributed by atoms with Gasteiger partial charge in [-0.25, -0.2) is 4.98 Å². The largest absolute Gasteiger partial charge is 0.507 e. The number of carbonyl (C=O) groups excluding carboxylic acids is 2. The highest BCUT2D eigenvalue weighted by Crippen LogP contribution is 2.40. The molecule has 2 heterocycles. The minimum Gasteiger partial charge on any atom is -0.507 e. The van der Waals surface area contributed by atoms with Crippen molar-refractivity contribution in [3.05, 3.63) is 89.0 Å². The van der Waals surface area contributed by atoms with Crippen LogP contribution in [-0.4, -0.2) is 44.4 Å². The lowest BCUT2D eigenvalue weighted by Gasteiger charge is -2.25. The monoisotopic (exact) mass is 479 g/mol. The predicted octanol–water partition coefficient (Wildman–Crippen LogP) is 4.84. The Morgan fingerprint density at radius 1 is 1.09 bits per heavy atom. The summed E-state index contributed by atoms with van der Waals surface area (Å²) in [7, 11) is 0. The molecule has 0 saturated carbocycles. The third-order valence-corrected chi connectivity index (χ3v) is 5.95. The second kappa shape index (κ2) is 10.6. The molecule has 1 aliphatic heterocycles. The van der Waals surface area contributed by atoms with E-state index in [9.17, 15) is 14.7 Å². The van der Waals surface area contributed by atoms with Crippen molar-refractivity contribution in [1.82, 2.24) is 14.5 Å². The van der Waals surface area contributed by atoms with E-state index in [4.69, 9.17) is 16.3 Å². The van der Waals surface area contributed by atoms with E-state index >= 15 is 0 Å². The van der Waals surface area contributed by atoms with Crippen molar-refractivity contribution in [3.8, 4) is 5.75 Å². The third kappa shape index (κ3) is 4.99. The number of ether oxygens (including phenoxy) is 1. The van der Waals surface area contributed by atoms with Crippen LogP contribution in [0.5, 0.6) is 5.75 Å². The number of likely N-dealkylation sites (tertiary alicyclic amines) is 1. The molecule has 1 saturated heterocycles. The number of nitrogens with zero attached hydrogens (tertiary/aromatic N) is 3. The number of halogens is 1. The molecular weight excluding hydrogens is 454 g/mol. The zero-order chi connectivity index (χ0) is 24.1. The SMILES string of the molecule is CCCOc1ccc(C(O)=C2C(=O)C(=O)N(CCCn3ccnc3)[C@H]2c2ccc(Cl)cc2)cc1. The van der Waals surface area contributed by atoms with E-state index in [0.29, 0.717) is 48.0 Å². The number of aliphatic hydroxyl groups excluding tert-OH is 1. The number of carbonyl (C=O) groups is 2. The number of Topliss-reactive ketones (excluding diaryl/α,β-unsaturated/α-hetero) is 1. The highest BCUT2D eigenvalue weighted by Gasteiger charge is 2.45. The van der Waals surface area contributed by atoms with Crippen molar-refractivity contribution in [1.29, 1.82) is 0 Å². The number of aromatic nitrogens is 2. The topological polar surface area (TPSA) is 84.7 Å². The summed E-state index contributed by atoms with van der Waals surface area (Å²) in [6, 6.07) is 13.1. The number of hydrogen-bond donors (Lipinski definition) is 1. The van der Waals surface area contributed by atoms with Gasteiger partial charge in [-0.2, -0.15) is 0 Å². The quantitative estimate of drug-likeness (QED) is 0.270. The number of aryl methyl sites for hydroxylation is 1. The Balaban J connectivity index is 1.67. The Morgan fingerprint density at radius 2 is 1.82 bits per heavy atom. The summed E-state index contributed by atoms with van der Waals surface area (Å²) >= 11 is 6.07. The van der Waals surface area contributed by atoms with Crippen LogP contribution in [0.15, 0.2) is 72.8 Å². The lowest BCUT2D eigenvalue weighted by Crippen LogP contribution is -2.31. The molecule has 1 aromatic heterocycles. The van der Waals surface area contributed by atoms with Gasteiger partial charge in [0.1, 0.15) is 11.5 Å². The van der Waals surface area contributed by atoms with Gasteiger partial charge in [0.15, 0.2) is 0 Å². The number of rotatable bonds is 9. The van der Waals surface area contributed by atoms with Gasteiger partial charge in [0, 0.05) is 36.1 Å². The summed E-state index contributed by atoms with van der Waals surface area (Å²) in [5.74, 6) is -0.869. The van der Waals surface area contributed by atoms with Gasteiger partial charge in [-0.05, 0) is 54.8 Å². The van der Waals surface area contributed by atoms with Crippen molar-refractivity contribution in [2.45, 2.75) is 32.4 Å². The predicted molar refractivity (Wildman–Crippen MR) is 130 cm³/mol. The maximum atomic E-state index is 13.1. The third-order valence-electron chi connectivity index (χ3n) is 5.70. The van der Waals surface area contributed by atoms with Crippen LogP contribution >= 0.6 is 11.6 Å². The van der Waals surface area contributed by atoms with Crippen LogP contribution in [0.2, 0.25) is 5.02 Å². The van der Waals surface area contributed by atoms with Gasteiger partial charge in [0.2, 0.25) is 0 Å². The maximum Gasteiger partial charge on any atom is 0.295 e. The van der Waals surface area contributed by atoms with Gasteiger partial charge < -0.3 is 19.3 Å². The Labute approximate surface area is 203 Å². The fourth-order valence-corrected chi connectivity index (χ4v) is 4.16. The lowest BCUT2D eigenvalue weighted by atomic mass is 9.95. The van der Waals surface area contributed by atoms with Crippen LogP contribution in [0.25, 0.3) is 5.76 Å². The van der Waals surface area contributed by atoms with E-state index in [1.54, 1.807) is 61.1 Å². The maximum absolute atomic E-state index is 13.1. The lowest BCUT2D eigenvalue weighted by molar-refractivity contribution is -0.139. The second-order valence-electron chi connectivity index (χ2n) is 8.07. The number of ketones is 1. The fraction of sp³-hybridized carbons (Fsp3) is 0.269. The van der Waals surface area contributed by atoms with Gasteiger partial charge in [-0.1, -0.05) is 30.7 Å². The molecule has 0 bridgehead atoms. The van der Waals surface area contributed by atoms with Gasteiger partial charge >= 0.3 is 0 Å². The molecule has 4 rings (SSSR count). The minimum atomic E-state index is -0.712. The summed E-state index contributed by atoms with van der Waals surface area (Å²) < 4.78 is 7.51. The molecule has 3 aromatic rings. The summed E-state index contributed by atoms with van der Waals surface area (Å²) in [4.78, 5) is 31.7. The molecule has 1 aliphatic rings. The Bertz CT molecular complexity index is 1170. The molecule has 0 spiro atoms. The zero-order valence-electron chi connectivity index (χ0n) is 18.9. The van der Waals surface area contributed by atoms with E-state index in [2.05, 4.69) is 4.98 Å². The standard InChI is InChI=1S/C26H26ClN3O4/c1-2-16-34-21-10-6-19(7-11-21)24(31)22-23(18-4-8-20(27)9-5-18)30(26(33)25(22)32)14-3-13-29-15-12-28-17-29/h4-12,15,17,23,31H,2-3,13-14,16H2,1H3/t23-/m0/s1. The van der Waals surface area contributed by atoms with Crippen LogP contribution in [0.4, 0.5) is 0 Å². The summed E-state index contributed by atoms with van der Waals surface area (Å²) in [5, 5.41) is 11.7. The number of benzene rings is 2. The smallest absolute Gasteiger partial charge is 0.295 e. The number of hydrogen-bond acceptors (Lipinski definition) is 5. The van der Waals surface area contributed by atoms with Crippen molar-refractivity contribution in [2.24, 2.45) is 0 Å². The summed E-state index contributed by atoms with van der Waals surface area (Å²) in [6.07, 6.45) is 6.75. The summed E-state index contributed by atoms with van der Waals surface area (Å²) in [6.45, 7) is 3.60. The molecule has 176 valence electrons. The Kier molecular flexibility index (Phi) is 7.33. The molecule has 0 unspecified atom stereocenters. The van der Waals surface area contributed by atoms with Crippen LogP contribution in [-0.2, 0) is 16.1 Å². The molecule has 34 heavy (non-hydrogen) atoms. The van der Waals surface area contributed by atoms with E-state index < -0.39 is 17.7 Å². The highest BCUT2D eigenvalue weighted by atomic mass is 35.5. The van der Waals surface area contributed by atoms with Gasteiger partial charge in [0.25, 0.3) is 11.7 Å². The minimum absolute atomic E-state index is 0.0668. The first-order valence-corrected chi connectivity index (χ1v) is 11.6. The zero-order valence-corrected chi connectivity index (χ0v) is 19.6. The van der Waals surface area contributed by atoms with E-state index in [0.717, 1.165) is 6.42 Å². The van der Waals surface area contributed by atoms with Gasteiger partial charge in [-0.15, -0.1) is 0 Å². The number of amides is 1. The fourth-order valence-electron chi connectivity index (χ4n) is 4.03. The first kappa shape index (κ1) is 23.6. The van der Waals surface area contributed by atoms with Crippen LogP contribution in [0.1, 0.15) is 36.9 Å². The van der Waals surface area contributed by atoms with E-state index in [1.807, 2.05) is 17.7 Å². The van der Waals surface area contributed by atoms with Crippen molar-refractivity contribution in [2.75, 3.05) is 13.2 Å². The van der Waals surface area contributed by atoms with Gasteiger partial charge in [0.05, 0.1) is 24.5 Å². The average Bonchev–Trinajstić information content (AvgIpc) is 3.45. The van der Waals surface area contributed by atoms with Crippen molar-refractivity contribution in [3.63, 3.8) is 0 Å². The molecule has 1 fully saturated rings. The van der Waals surface area contributed by atoms with Crippen LogP contribution in [0, 0.1) is 0 Å². The van der Waals surface area contributed by atoms with Crippen LogP contribution < -0.4 is 4.74 Å². The molecule has 1 atom stereocenters. The van der Waals surface area contributed by atoms with Gasteiger partial charge in [-0.3, -0.25) is 9.59 Å². The second-order valence-corrected chi connectivity index (χ2v) is 8.51. The van der Waals surface area contributed by atoms with Crippen molar-refractivity contribution < 1.29 is 19.4 Å². The molecule has 2 aromatic carbocycles. The first-order valence-electron chi connectivity index (χ1n) is 11.2. The molecule has 0 aliphatic carbocycles. The van der Waals surface area contributed by atoms with E-state index in [1.165, 1.54) is 4.90 Å². The Hall–Kier alpha value is -3.58.